The average Bonchev–Trinajstić information content (AvgIpc) is 3.24. The van der Waals surface area contributed by atoms with E-state index in [1.165, 1.54) is 13.2 Å². The van der Waals surface area contributed by atoms with Crippen LogP contribution in [-0.2, 0) is 19.1 Å². The summed E-state index contributed by atoms with van der Waals surface area (Å²) in [5, 5.41) is 10.1. The van der Waals surface area contributed by atoms with Crippen molar-refractivity contribution in [2.75, 3.05) is 20.3 Å². The molecule has 1 fully saturated rings. The van der Waals surface area contributed by atoms with Crippen molar-refractivity contribution in [2.45, 2.75) is 58.5 Å². The third-order valence-corrected chi connectivity index (χ3v) is 6.55. The number of carbonyl (C=O) groups is 2. The first-order valence-corrected chi connectivity index (χ1v) is 11.2. The topological polar surface area (TPSA) is 94.4 Å². The van der Waals surface area contributed by atoms with Crippen molar-refractivity contribution in [3.05, 3.63) is 35.0 Å². The van der Waals surface area contributed by atoms with Gasteiger partial charge in [0.05, 0.1) is 13.2 Å². The summed E-state index contributed by atoms with van der Waals surface area (Å²) in [5.74, 6) is -1.39. The smallest absolute Gasteiger partial charge is 0.315 e. The van der Waals surface area contributed by atoms with Crippen LogP contribution in [-0.4, -0.2) is 49.0 Å². The van der Waals surface area contributed by atoms with E-state index < -0.39 is 17.8 Å². The van der Waals surface area contributed by atoms with Gasteiger partial charge in [0.15, 0.2) is 17.3 Å². The Morgan fingerprint density at radius 1 is 1.31 bits per heavy atom. The summed E-state index contributed by atoms with van der Waals surface area (Å²) in [5.41, 5.74) is 2.46. The second-order valence-electron chi connectivity index (χ2n) is 9.71. The number of hydrogen-bond acceptors (Lipinski definition) is 7. The van der Waals surface area contributed by atoms with E-state index in [1.54, 1.807) is 12.1 Å². The van der Waals surface area contributed by atoms with Gasteiger partial charge >= 0.3 is 5.97 Å². The van der Waals surface area contributed by atoms with Gasteiger partial charge in [-0.15, -0.1) is 0 Å². The lowest BCUT2D eigenvalue weighted by atomic mass is 9.67. The standard InChI is InChI=1S/C25H31NO6/c1-14-21(24(29)32-13-16-6-5-9-31-16)22(15-7-8-18(27)20(10-15)30-4)23-17(26-14)11-25(2,3)12-19(23)28/h7-8,10,16,21-22,27H,5-6,9,11-13H2,1-4H3/t16-,21?,22-/m0/s1. The molecule has 1 aliphatic carbocycles. The Labute approximate surface area is 188 Å². The molecular formula is C25H31NO6. The largest absolute Gasteiger partial charge is 0.504 e. The Balaban J connectivity index is 1.74. The molecule has 1 N–H and O–H groups in total. The minimum absolute atomic E-state index is 0.000245. The van der Waals surface area contributed by atoms with Crippen LogP contribution >= 0.6 is 0 Å². The lowest BCUT2D eigenvalue weighted by Gasteiger charge is -2.39. The van der Waals surface area contributed by atoms with Gasteiger partial charge in [0.25, 0.3) is 0 Å². The van der Waals surface area contributed by atoms with Crippen LogP contribution in [0.2, 0.25) is 0 Å². The predicted octanol–water partition coefficient (Wildman–Crippen LogP) is 3.94. The Morgan fingerprint density at radius 2 is 2.09 bits per heavy atom. The first kappa shape index (κ1) is 22.5. The van der Waals surface area contributed by atoms with Gasteiger partial charge in [0, 0.05) is 35.9 Å². The third kappa shape index (κ3) is 4.31. The molecule has 0 aromatic heterocycles. The summed E-state index contributed by atoms with van der Waals surface area (Å²) in [6, 6.07) is 4.96. The average molecular weight is 442 g/mol. The van der Waals surface area contributed by atoms with Gasteiger partial charge in [-0.3, -0.25) is 14.6 Å². The second kappa shape index (κ2) is 8.70. The third-order valence-electron chi connectivity index (χ3n) is 6.55. The molecule has 1 aromatic carbocycles. The number of aliphatic imine (C=N–C) groups is 1. The maximum Gasteiger partial charge on any atom is 0.315 e. The van der Waals surface area contributed by atoms with Gasteiger partial charge in [-0.1, -0.05) is 19.9 Å². The molecule has 0 bridgehead atoms. The number of esters is 1. The number of benzene rings is 1. The van der Waals surface area contributed by atoms with E-state index in [1.807, 2.05) is 6.92 Å². The van der Waals surface area contributed by atoms with E-state index in [0.29, 0.717) is 42.0 Å². The van der Waals surface area contributed by atoms with Crippen LogP contribution in [0.5, 0.6) is 11.5 Å². The highest BCUT2D eigenvalue weighted by molar-refractivity contribution is 6.09. The SMILES string of the molecule is COc1cc([C@@H]2C3=C(CC(C)(C)CC3=O)N=C(C)C2C(=O)OC[C@@H]2CCCO2)ccc1O. The van der Waals surface area contributed by atoms with E-state index >= 15 is 0 Å². The first-order chi connectivity index (χ1) is 15.2. The number of rotatable bonds is 5. The summed E-state index contributed by atoms with van der Waals surface area (Å²) in [4.78, 5) is 31.3. The molecule has 2 heterocycles. The lowest BCUT2D eigenvalue weighted by molar-refractivity contribution is -0.149. The quantitative estimate of drug-likeness (QED) is 0.696. The number of carbonyl (C=O) groups excluding carboxylic acids is 2. The zero-order chi connectivity index (χ0) is 23.0. The molecule has 0 amide bonds. The molecule has 7 nitrogen and oxygen atoms in total. The normalized spacial score (nSPS) is 27.1. The van der Waals surface area contributed by atoms with E-state index in [0.717, 1.165) is 18.5 Å². The molecule has 1 unspecified atom stereocenters. The number of nitrogens with zero attached hydrogens (tertiary/aromatic N) is 1. The fourth-order valence-electron chi connectivity index (χ4n) is 5.04. The Hall–Kier alpha value is -2.67. The summed E-state index contributed by atoms with van der Waals surface area (Å²) in [6.45, 7) is 6.81. The highest BCUT2D eigenvalue weighted by Gasteiger charge is 2.46. The number of ketones is 1. The number of ether oxygens (including phenoxy) is 3. The number of phenols is 1. The van der Waals surface area contributed by atoms with Crippen molar-refractivity contribution >= 4 is 17.5 Å². The predicted molar refractivity (Wildman–Crippen MR) is 119 cm³/mol. The van der Waals surface area contributed by atoms with Gasteiger partial charge in [0.2, 0.25) is 0 Å². The minimum atomic E-state index is -0.727. The van der Waals surface area contributed by atoms with Crippen LogP contribution < -0.4 is 4.74 Å². The summed E-state index contributed by atoms with van der Waals surface area (Å²) in [6.07, 6.45) is 2.80. The molecule has 4 rings (SSSR count). The molecule has 172 valence electrons. The van der Waals surface area contributed by atoms with Gasteiger partial charge in [-0.25, -0.2) is 0 Å². The fraction of sp³-hybridized carbons (Fsp3) is 0.560. The highest BCUT2D eigenvalue weighted by atomic mass is 16.6. The zero-order valence-electron chi connectivity index (χ0n) is 19.1. The van der Waals surface area contributed by atoms with Crippen LogP contribution in [0.4, 0.5) is 0 Å². The molecule has 0 spiro atoms. The van der Waals surface area contributed by atoms with Gasteiger partial charge in [-0.05, 0) is 49.3 Å². The minimum Gasteiger partial charge on any atom is -0.504 e. The molecule has 1 saturated heterocycles. The zero-order valence-corrected chi connectivity index (χ0v) is 19.1. The molecule has 3 aliphatic rings. The van der Waals surface area contributed by atoms with Gasteiger partial charge in [-0.2, -0.15) is 0 Å². The van der Waals surface area contributed by atoms with E-state index in [9.17, 15) is 14.7 Å². The monoisotopic (exact) mass is 441 g/mol. The molecule has 32 heavy (non-hydrogen) atoms. The van der Waals surface area contributed by atoms with Gasteiger partial charge < -0.3 is 19.3 Å². The number of hydrogen-bond donors (Lipinski definition) is 1. The van der Waals surface area contributed by atoms with Crippen LogP contribution in [0.1, 0.15) is 57.9 Å². The fourth-order valence-corrected chi connectivity index (χ4v) is 5.04. The molecule has 0 saturated carbocycles. The summed E-state index contributed by atoms with van der Waals surface area (Å²) < 4.78 is 16.5. The molecule has 0 radical (unpaired) electrons. The highest BCUT2D eigenvalue weighted by Crippen LogP contribution is 2.48. The van der Waals surface area contributed by atoms with Crippen LogP contribution in [0.3, 0.4) is 0 Å². The van der Waals surface area contributed by atoms with Crippen molar-refractivity contribution in [1.29, 1.82) is 0 Å². The van der Waals surface area contributed by atoms with Crippen LogP contribution in [0.15, 0.2) is 34.5 Å². The van der Waals surface area contributed by atoms with E-state index in [2.05, 4.69) is 13.8 Å². The number of allylic oxidation sites excluding steroid dienone is 2. The van der Waals surface area contributed by atoms with E-state index in [-0.39, 0.29) is 29.7 Å². The number of methoxy groups -OCH3 is 1. The van der Waals surface area contributed by atoms with Crippen molar-refractivity contribution in [3.8, 4) is 11.5 Å². The molecule has 3 atom stereocenters. The maximum absolute atomic E-state index is 13.3. The lowest BCUT2D eigenvalue weighted by Crippen LogP contribution is -2.40. The Bertz CT molecular complexity index is 986. The second-order valence-corrected chi connectivity index (χ2v) is 9.71. The molecule has 2 aliphatic heterocycles. The van der Waals surface area contributed by atoms with Crippen molar-refractivity contribution < 1.29 is 28.9 Å². The van der Waals surface area contributed by atoms with Crippen molar-refractivity contribution in [2.24, 2.45) is 16.3 Å². The van der Waals surface area contributed by atoms with Gasteiger partial charge in [0.1, 0.15) is 12.5 Å². The number of phenolic OH excluding ortho intramolecular Hbond substituents is 1. The Morgan fingerprint density at radius 3 is 2.78 bits per heavy atom. The van der Waals surface area contributed by atoms with Crippen molar-refractivity contribution in [1.82, 2.24) is 0 Å². The Kier molecular flexibility index (Phi) is 6.12. The molecular weight excluding hydrogens is 410 g/mol. The summed E-state index contributed by atoms with van der Waals surface area (Å²) >= 11 is 0. The first-order valence-electron chi connectivity index (χ1n) is 11.2. The van der Waals surface area contributed by atoms with Crippen molar-refractivity contribution in [3.63, 3.8) is 0 Å². The van der Waals surface area contributed by atoms with Crippen LogP contribution in [0.25, 0.3) is 0 Å². The van der Waals surface area contributed by atoms with Crippen LogP contribution in [0, 0.1) is 11.3 Å². The molecule has 7 heteroatoms. The summed E-state index contributed by atoms with van der Waals surface area (Å²) in [7, 11) is 1.47. The van der Waals surface area contributed by atoms with E-state index in [4.69, 9.17) is 19.2 Å². The number of aromatic hydroxyl groups is 1. The maximum atomic E-state index is 13.3. The molecule has 1 aromatic rings. The number of Topliss-reactive ketones (excluding diaryl/α,β-unsaturated/α-hetero) is 1.